The van der Waals surface area contributed by atoms with E-state index in [2.05, 4.69) is 4.99 Å². The summed E-state index contributed by atoms with van der Waals surface area (Å²) in [5.74, 6) is -2.38. The summed E-state index contributed by atoms with van der Waals surface area (Å²) in [4.78, 5) is 41.3. The van der Waals surface area contributed by atoms with Gasteiger partial charge in [0.05, 0.1) is 12.1 Å². The Bertz CT molecular complexity index is 781. The summed E-state index contributed by atoms with van der Waals surface area (Å²) in [6.07, 6.45) is 3.86. The Balaban J connectivity index is 2.20. The molecule has 1 aliphatic rings. The molecule has 28 heavy (non-hydrogen) atoms. The van der Waals surface area contributed by atoms with E-state index in [1.165, 1.54) is 4.90 Å². The van der Waals surface area contributed by atoms with Gasteiger partial charge < -0.3 is 20.4 Å². The van der Waals surface area contributed by atoms with Crippen molar-refractivity contribution < 1.29 is 24.0 Å². The van der Waals surface area contributed by atoms with Gasteiger partial charge in [-0.05, 0) is 31.4 Å². The maximum atomic E-state index is 13.1. The van der Waals surface area contributed by atoms with E-state index in [9.17, 15) is 29.2 Å². The first kappa shape index (κ1) is 21.5. The Morgan fingerprint density at radius 1 is 1.50 bits per heavy atom. The summed E-state index contributed by atoms with van der Waals surface area (Å²) in [5.41, 5.74) is -0.153. The maximum Gasteiger partial charge on any atom is 0.270 e. The van der Waals surface area contributed by atoms with Crippen LogP contribution in [0.25, 0.3) is 0 Å². The van der Waals surface area contributed by atoms with Crippen molar-refractivity contribution in [2.75, 3.05) is 13.1 Å². The molecule has 1 N–H and O–H groups in total. The summed E-state index contributed by atoms with van der Waals surface area (Å²) in [7, 11) is 0. The van der Waals surface area contributed by atoms with Crippen molar-refractivity contribution in [2.24, 2.45) is 10.9 Å². The van der Waals surface area contributed by atoms with Crippen LogP contribution in [0.5, 0.6) is 0 Å². The normalized spacial score (nSPS) is 18.2. The second-order valence-electron chi connectivity index (χ2n) is 6.73. The lowest BCUT2D eigenvalue weighted by Crippen LogP contribution is -2.45. The number of pyridine rings is 1. The summed E-state index contributed by atoms with van der Waals surface area (Å²) >= 11 is 0. The number of aromatic nitrogens is 1. The highest BCUT2D eigenvalue weighted by Gasteiger charge is 2.36. The third-order valence-corrected chi connectivity index (χ3v) is 4.69. The number of nitrogens with zero attached hydrogens (tertiary/aromatic N) is 4. The number of carbonyl (C=O) groups excluding carboxylic acids is 3. The molecule has 1 aromatic rings. The molecule has 154 valence electrons. The molecule has 1 fully saturated rings. The molecular weight excluding hydrogens is 371 g/mol. The molecule has 0 aromatic carbocycles. The molecule has 1 aromatic heterocycles. The molecule has 0 radical (unpaired) electrons. The smallest absolute Gasteiger partial charge is 0.270 e. The maximum absolute atomic E-state index is 13.1. The number of halogens is 1. The Kier molecular flexibility index (Phi) is 7.68. The number of likely N-dealkylation sites (tertiary alicyclic amines) is 1. The Hall–Kier alpha value is -2.75. The molecule has 0 unspecified atom stereocenters. The van der Waals surface area contributed by atoms with Gasteiger partial charge in [-0.25, -0.2) is 4.39 Å². The second-order valence-corrected chi connectivity index (χ2v) is 6.73. The summed E-state index contributed by atoms with van der Waals surface area (Å²) in [5, 5.41) is 21.3. The van der Waals surface area contributed by atoms with Gasteiger partial charge in [-0.15, -0.1) is 0 Å². The fraction of sp³-hybridized carbons (Fsp3) is 0.556. The van der Waals surface area contributed by atoms with Crippen molar-refractivity contribution in [3.63, 3.8) is 0 Å². The van der Waals surface area contributed by atoms with Gasteiger partial charge in [-0.2, -0.15) is 9.72 Å². The molecular formula is C18H24FN4O5-. The molecule has 3 amide bonds. The van der Waals surface area contributed by atoms with Crippen molar-refractivity contribution in [3.05, 3.63) is 34.8 Å². The summed E-state index contributed by atoms with van der Waals surface area (Å²) < 4.78 is 13.5. The fourth-order valence-electron chi connectivity index (χ4n) is 3.26. The van der Waals surface area contributed by atoms with Crippen molar-refractivity contribution in [3.8, 4) is 0 Å². The Labute approximate surface area is 161 Å². The van der Waals surface area contributed by atoms with Crippen LogP contribution >= 0.6 is 0 Å². The van der Waals surface area contributed by atoms with Crippen LogP contribution in [0.15, 0.2) is 23.3 Å². The number of unbranched alkanes of at least 4 members (excludes halogenated alkanes) is 1. The first-order chi connectivity index (χ1) is 13.4. The van der Waals surface area contributed by atoms with E-state index >= 15 is 0 Å². The zero-order valence-corrected chi connectivity index (χ0v) is 15.7. The van der Waals surface area contributed by atoms with E-state index in [1.807, 2.05) is 6.92 Å². The second kappa shape index (κ2) is 9.98. The number of hydrogen-bond donors (Lipinski definition) is 1. The first-order valence-corrected chi connectivity index (χ1v) is 9.23. The molecule has 0 saturated carbocycles. The minimum absolute atomic E-state index is 0.128. The van der Waals surface area contributed by atoms with Crippen LogP contribution in [-0.2, 0) is 14.4 Å². The van der Waals surface area contributed by atoms with Gasteiger partial charge in [0, 0.05) is 13.1 Å². The summed E-state index contributed by atoms with van der Waals surface area (Å²) in [6, 6.07) is 1.38. The third-order valence-electron chi connectivity index (χ3n) is 4.69. The van der Waals surface area contributed by atoms with Gasteiger partial charge in [-0.1, -0.05) is 19.8 Å². The van der Waals surface area contributed by atoms with Gasteiger partial charge >= 0.3 is 0 Å². The Morgan fingerprint density at radius 3 is 2.89 bits per heavy atom. The molecule has 9 nitrogen and oxygen atoms in total. The predicted molar refractivity (Wildman–Crippen MR) is 96.0 cm³/mol. The highest BCUT2D eigenvalue weighted by molar-refractivity contribution is 5.89. The van der Waals surface area contributed by atoms with E-state index in [1.54, 1.807) is 0 Å². The molecule has 0 aliphatic carbocycles. The quantitative estimate of drug-likeness (QED) is 0.401. The molecule has 0 bridgehead atoms. The fourth-order valence-corrected chi connectivity index (χ4v) is 3.26. The van der Waals surface area contributed by atoms with Crippen LogP contribution in [0.4, 0.5) is 4.39 Å². The highest BCUT2D eigenvalue weighted by atomic mass is 19.1. The predicted octanol–water partition coefficient (Wildman–Crippen LogP) is 1.05. The molecule has 1 saturated heterocycles. The van der Waals surface area contributed by atoms with Crippen molar-refractivity contribution in [1.82, 2.24) is 14.7 Å². The van der Waals surface area contributed by atoms with E-state index < -0.39 is 23.7 Å². The van der Waals surface area contributed by atoms with Crippen LogP contribution in [0.2, 0.25) is 0 Å². The minimum atomic E-state index is -0.821. The van der Waals surface area contributed by atoms with Crippen LogP contribution in [-0.4, -0.2) is 57.3 Å². The molecule has 2 atom stereocenters. The van der Waals surface area contributed by atoms with Crippen molar-refractivity contribution in [1.29, 1.82) is 0 Å². The van der Waals surface area contributed by atoms with Gasteiger partial charge in [0.25, 0.3) is 5.91 Å². The average Bonchev–Trinajstić information content (AvgIpc) is 3.16. The minimum Gasteiger partial charge on any atom is -0.756 e. The molecule has 2 heterocycles. The standard InChI is InChI=1S/C18H24FN4O5/c1-2-3-5-13(10-21(27)12-24)18(26)22-9-4-6-15(22)17(25)20-16-8-7-14(19)11-23(16)28/h7-8,11-13,15,28H,2-6,9-10H2,1H3/q-1/t13-,15+/m1/s1. The highest BCUT2D eigenvalue weighted by Crippen LogP contribution is 2.23. The van der Waals surface area contributed by atoms with Crippen LogP contribution < -0.4 is 5.49 Å². The van der Waals surface area contributed by atoms with Crippen molar-refractivity contribution >= 4 is 18.2 Å². The number of hydrogen-bond acceptors (Lipinski definition) is 5. The van der Waals surface area contributed by atoms with Gasteiger partial charge in [0.15, 0.2) is 11.9 Å². The third kappa shape index (κ3) is 5.38. The molecule has 10 heteroatoms. The van der Waals surface area contributed by atoms with Crippen LogP contribution in [0.1, 0.15) is 39.0 Å². The topological polar surface area (TPSA) is 118 Å². The lowest BCUT2D eigenvalue weighted by atomic mass is 9.99. The zero-order valence-electron chi connectivity index (χ0n) is 15.7. The molecule has 1 aliphatic heterocycles. The monoisotopic (exact) mass is 395 g/mol. The van der Waals surface area contributed by atoms with Gasteiger partial charge in [-0.3, -0.25) is 14.4 Å². The summed E-state index contributed by atoms with van der Waals surface area (Å²) in [6.45, 7) is 2.03. The average molecular weight is 395 g/mol. The van der Waals surface area contributed by atoms with E-state index in [-0.39, 0.29) is 29.4 Å². The molecule has 0 spiro atoms. The van der Waals surface area contributed by atoms with E-state index in [0.717, 1.165) is 24.8 Å². The zero-order chi connectivity index (χ0) is 20.7. The number of amides is 3. The SMILES string of the molecule is CCCC[C@H](CN([O-])C=O)C(=O)N1CCC[C@H]1C(=O)N=c1ccc(F)cn1O. The lowest BCUT2D eigenvalue weighted by molar-refractivity contribution is -0.141. The van der Waals surface area contributed by atoms with Crippen LogP contribution in [0.3, 0.4) is 0 Å². The first-order valence-electron chi connectivity index (χ1n) is 9.23. The van der Waals surface area contributed by atoms with Crippen LogP contribution in [0, 0.1) is 16.9 Å². The van der Waals surface area contributed by atoms with Gasteiger partial charge in [0.2, 0.25) is 5.91 Å². The van der Waals surface area contributed by atoms with E-state index in [4.69, 9.17) is 0 Å². The molecule has 2 rings (SSSR count). The van der Waals surface area contributed by atoms with Crippen molar-refractivity contribution in [2.45, 2.75) is 45.1 Å². The number of rotatable bonds is 8. The van der Waals surface area contributed by atoms with E-state index in [0.29, 0.717) is 37.0 Å². The number of carbonyl (C=O) groups is 3. The number of hydroxylamine groups is 2. The Morgan fingerprint density at radius 2 is 2.25 bits per heavy atom. The largest absolute Gasteiger partial charge is 0.756 e. The lowest BCUT2D eigenvalue weighted by Gasteiger charge is -2.32. The van der Waals surface area contributed by atoms with Gasteiger partial charge in [0.1, 0.15) is 11.9 Å².